The van der Waals surface area contributed by atoms with Crippen LogP contribution < -0.4 is 9.62 Å². The summed E-state index contributed by atoms with van der Waals surface area (Å²) in [6.45, 7) is 7.42. The van der Waals surface area contributed by atoms with Crippen molar-refractivity contribution in [1.29, 1.82) is 0 Å². The lowest BCUT2D eigenvalue weighted by atomic mass is 10.1. The Morgan fingerprint density at radius 3 is 2.27 bits per heavy atom. The molecule has 0 aliphatic heterocycles. The first kappa shape index (κ1) is 31.6. The number of benzene rings is 3. The predicted molar refractivity (Wildman–Crippen MR) is 164 cm³/mol. The van der Waals surface area contributed by atoms with Crippen LogP contribution in [-0.2, 0) is 26.2 Å². The molecule has 0 aliphatic rings. The van der Waals surface area contributed by atoms with Gasteiger partial charge in [-0.05, 0) is 74.7 Å². The number of anilines is 1. The minimum atomic E-state index is -4.16. The highest BCUT2D eigenvalue weighted by Gasteiger charge is 2.33. The SMILES string of the molecule is CCCCNC(=O)C(C)N(Cc1ccc(Br)cc1)C(=O)CN(c1cc(Cl)ccc1C)S(=O)(=O)c1ccc(C)cc1. The zero-order chi connectivity index (χ0) is 29.4. The molecule has 0 saturated heterocycles. The van der Waals surface area contributed by atoms with Crippen molar-refractivity contribution >= 4 is 55.1 Å². The number of aryl methyl sites for hydroxylation is 2. The first-order chi connectivity index (χ1) is 18.9. The summed E-state index contributed by atoms with van der Waals surface area (Å²) in [5.74, 6) is -0.818. The van der Waals surface area contributed by atoms with Crippen molar-refractivity contribution in [2.45, 2.75) is 58.0 Å². The Morgan fingerprint density at radius 2 is 1.65 bits per heavy atom. The van der Waals surface area contributed by atoms with E-state index in [1.165, 1.54) is 23.1 Å². The lowest BCUT2D eigenvalue weighted by Gasteiger charge is -2.32. The molecule has 0 heterocycles. The molecule has 3 aromatic rings. The average molecular weight is 649 g/mol. The van der Waals surface area contributed by atoms with Crippen LogP contribution in [0.4, 0.5) is 5.69 Å². The Hall–Kier alpha value is -2.88. The van der Waals surface area contributed by atoms with Crippen LogP contribution in [0.5, 0.6) is 0 Å². The fraction of sp³-hybridized carbons (Fsp3) is 0.333. The van der Waals surface area contributed by atoms with Gasteiger partial charge in [-0.2, -0.15) is 0 Å². The molecule has 1 unspecified atom stereocenters. The van der Waals surface area contributed by atoms with Gasteiger partial charge in [0.15, 0.2) is 0 Å². The van der Waals surface area contributed by atoms with Crippen LogP contribution in [-0.4, -0.2) is 44.3 Å². The molecule has 0 saturated carbocycles. The molecule has 0 fully saturated rings. The highest BCUT2D eigenvalue weighted by Crippen LogP contribution is 2.30. The van der Waals surface area contributed by atoms with Gasteiger partial charge in [-0.25, -0.2) is 8.42 Å². The van der Waals surface area contributed by atoms with E-state index in [-0.39, 0.29) is 17.3 Å². The van der Waals surface area contributed by atoms with E-state index >= 15 is 0 Å². The monoisotopic (exact) mass is 647 g/mol. The highest BCUT2D eigenvalue weighted by molar-refractivity contribution is 9.10. The number of rotatable bonds is 12. The Bertz CT molecular complexity index is 1430. The number of hydrogen-bond acceptors (Lipinski definition) is 4. The van der Waals surface area contributed by atoms with E-state index in [0.717, 1.165) is 32.7 Å². The van der Waals surface area contributed by atoms with Gasteiger partial charge in [-0.3, -0.25) is 13.9 Å². The van der Waals surface area contributed by atoms with E-state index < -0.39 is 28.5 Å². The van der Waals surface area contributed by atoms with Crippen LogP contribution in [0.3, 0.4) is 0 Å². The number of carbonyl (C=O) groups excluding carboxylic acids is 2. The molecule has 0 bridgehead atoms. The Balaban J connectivity index is 2.04. The van der Waals surface area contributed by atoms with Crippen LogP contribution in [0, 0.1) is 13.8 Å². The van der Waals surface area contributed by atoms with Crippen LogP contribution >= 0.6 is 27.5 Å². The molecule has 1 N–H and O–H groups in total. The summed E-state index contributed by atoms with van der Waals surface area (Å²) in [7, 11) is -4.16. The summed E-state index contributed by atoms with van der Waals surface area (Å²) in [6, 6.07) is 18.0. The highest BCUT2D eigenvalue weighted by atomic mass is 79.9. The van der Waals surface area contributed by atoms with Gasteiger partial charge in [0, 0.05) is 22.6 Å². The molecule has 40 heavy (non-hydrogen) atoms. The number of nitrogens with one attached hydrogen (secondary N) is 1. The number of halogens is 2. The van der Waals surface area contributed by atoms with Gasteiger partial charge in [0.2, 0.25) is 11.8 Å². The first-order valence-electron chi connectivity index (χ1n) is 13.1. The van der Waals surface area contributed by atoms with Gasteiger partial charge >= 0.3 is 0 Å². The largest absolute Gasteiger partial charge is 0.354 e. The molecule has 0 radical (unpaired) electrons. The van der Waals surface area contributed by atoms with Crippen molar-refractivity contribution in [3.63, 3.8) is 0 Å². The van der Waals surface area contributed by atoms with Crippen molar-refractivity contribution in [2.75, 3.05) is 17.4 Å². The molecule has 1 atom stereocenters. The van der Waals surface area contributed by atoms with Crippen molar-refractivity contribution in [3.05, 3.63) is 92.9 Å². The molecule has 214 valence electrons. The minimum Gasteiger partial charge on any atom is -0.354 e. The number of nitrogens with zero attached hydrogens (tertiary/aromatic N) is 2. The van der Waals surface area contributed by atoms with Gasteiger partial charge in [0.25, 0.3) is 10.0 Å². The standard InChI is InChI=1S/C30H35BrClN3O4S/c1-5-6-17-33-30(37)23(4)34(19-24-10-12-25(31)13-11-24)29(36)20-35(28-18-26(32)14-9-22(28)3)40(38,39)27-15-7-21(2)8-16-27/h7-16,18,23H,5-6,17,19-20H2,1-4H3,(H,33,37). The third-order valence-corrected chi connectivity index (χ3v) is 9.13. The minimum absolute atomic E-state index is 0.0510. The normalized spacial score (nSPS) is 12.1. The lowest BCUT2D eigenvalue weighted by molar-refractivity contribution is -0.139. The summed E-state index contributed by atoms with van der Waals surface area (Å²) < 4.78 is 29.9. The summed E-state index contributed by atoms with van der Waals surface area (Å²) >= 11 is 9.69. The molecular weight excluding hydrogens is 614 g/mol. The quantitative estimate of drug-likeness (QED) is 0.235. The van der Waals surface area contributed by atoms with E-state index in [2.05, 4.69) is 21.2 Å². The van der Waals surface area contributed by atoms with Crippen LogP contribution in [0.2, 0.25) is 5.02 Å². The smallest absolute Gasteiger partial charge is 0.264 e. The molecule has 0 aromatic heterocycles. The molecule has 3 aromatic carbocycles. The molecule has 0 aliphatic carbocycles. The maximum Gasteiger partial charge on any atom is 0.264 e. The molecule has 0 spiro atoms. The number of unbranched alkanes of at least 4 members (excludes halogenated alkanes) is 1. The van der Waals surface area contributed by atoms with Crippen molar-refractivity contribution in [1.82, 2.24) is 10.2 Å². The Labute approximate surface area is 250 Å². The second-order valence-corrected chi connectivity index (χ2v) is 12.9. The Morgan fingerprint density at radius 1 is 1.00 bits per heavy atom. The fourth-order valence-electron chi connectivity index (χ4n) is 4.11. The summed E-state index contributed by atoms with van der Waals surface area (Å²) in [6.07, 6.45) is 1.73. The van der Waals surface area contributed by atoms with Gasteiger partial charge in [-0.1, -0.05) is 76.8 Å². The van der Waals surface area contributed by atoms with E-state index in [4.69, 9.17) is 11.6 Å². The lowest BCUT2D eigenvalue weighted by Crippen LogP contribution is -2.51. The third kappa shape index (κ3) is 8.08. The van der Waals surface area contributed by atoms with Crippen LogP contribution in [0.25, 0.3) is 0 Å². The van der Waals surface area contributed by atoms with Gasteiger partial charge in [-0.15, -0.1) is 0 Å². The molecule has 7 nitrogen and oxygen atoms in total. The summed E-state index contributed by atoms with van der Waals surface area (Å²) in [5, 5.41) is 3.23. The number of sulfonamides is 1. The van der Waals surface area contributed by atoms with E-state index in [1.54, 1.807) is 38.1 Å². The zero-order valence-corrected chi connectivity index (χ0v) is 26.3. The van der Waals surface area contributed by atoms with Gasteiger partial charge in [0.1, 0.15) is 12.6 Å². The third-order valence-electron chi connectivity index (χ3n) is 6.59. The average Bonchev–Trinajstić information content (AvgIpc) is 2.92. The number of hydrogen-bond donors (Lipinski definition) is 1. The van der Waals surface area contributed by atoms with Crippen LogP contribution in [0.15, 0.2) is 76.1 Å². The van der Waals surface area contributed by atoms with Gasteiger partial charge in [0.05, 0.1) is 10.6 Å². The van der Waals surface area contributed by atoms with Crippen molar-refractivity contribution in [2.24, 2.45) is 0 Å². The van der Waals surface area contributed by atoms with Crippen LogP contribution in [0.1, 0.15) is 43.4 Å². The van der Waals surface area contributed by atoms with E-state index in [1.807, 2.05) is 38.1 Å². The number of amides is 2. The van der Waals surface area contributed by atoms with E-state index in [9.17, 15) is 18.0 Å². The van der Waals surface area contributed by atoms with Crippen molar-refractivity contribution in [3.8, 4) is 0 Å². The van der Waals surface area contributed by atoms with Crippen molar-refractivity contribution < 1.29 is 18.0 Å². The second-order valence-electron chi connectivity index (χ2n) is 9.72. The summed E-state index contributed by atoms with van der Waals surface area (Å²) in [4.78, 5) is 28.5. The maximum absolute atomic E-state index is 14.0. The molecule has 2 amide bonds. The molecule has 10 heteroatoms. The zero-order valence-electron chi connectivity index (χ0n) is 23.2. The molecule has 3 rings (SSSR count). The number of carbonyl (C=O) groups is 2. The first-order valence-corrected chi connectivity index (χ1v) is 15.7. The summed E-state index contributed by atoms with van der Waals surface area (Å²) in [5.41, 5.74) is 2.64. The Kier molecular flexibility index (Phi) is 11.2. The van der Waals surface area contributed by atoms with Gasteiger partial charge < -0.3 is 10.2 Å². The van der Waals surface area contributed by atoms with E-state index in [0.29, 0.717) is 22.8 Å². The molecular formula is C30H35BrClN3O4S. The fourth-order valence-corrected chi connectivity index (χ4v) is 6.01. The predicted octanol–water partition coefficient (Wildman–Crippen LogP) is 6.25. The second kappa shape index (κ2) is 14.1. The maximum atomic E-state index is 14.0. The topological polar surface area (TPSA) is 86.8 Å².